The molecule has 2 aromatic rings. The van der Waals surface area contributed by atoms with E-state index in [4.69, 9.17) is 16.8 Å². The van der Waals surface area contributed by atoms with E-state index in [0.29, 0.717) is 29.7 Å². The third-order valence-electron chi connectivity index (χ3n) is 4.69. The van der Waals surface area contributed by atoms with Crippen LogP contribution in [0.1, 0.15) is 34.7 Å². The van der Waals surface area contributed by atoms with E-state index in [0.717, 1.165) is 12.8 Å². The summed E-state index contributed by atoms with van der Waals surface area (Å²) < 4.78 is 0. The number of piperidine rings is 1. The number of halogens is 1. The molecule has 8 heteroatoms. The average molecular weight is 376 g/mol. The van der Waals surface area contributed by atoms with Gasteiger partial charge in [0.2, 0.25) is 0 Å². The molecule has 0 aliphatic carbocycles. The molecule has 136 valence electrons. The smallest absolute Gasteiger partial charge is 0.276 e. The van der Waals surface area contributed by atoms with Crippen LogP contribution in [0.25, 0.3) is 0 Å². The van der Waals surface area contributed by atoms with Gasteiger partial charge in [-0.15, -0.1) is 0 Å². The number of rotatable bonds is 4. The maximum absolute atomic E-state index is 11.9. The summed E-state index contributed by atoms with van der Waals surface area (Å²) in [7, 11) is 0. The van der Waals surface area contributed by atoms with Gasteiger partial charge in [-0.25, -0.2) is 5.48 Å². The van der Waals surface area contributed by atoms with Gasteiger partial charge in [-0.2, -0.15) is 0 Å². The van der Waals surface area contributed by atoms with Gasteiger partial charge in [0.05, 0.1) is 16.2 Å². The highest BCUT2D eigenvalue weighted by atomic mass is 35.5. The van der Waals surface area contributed by atoms with Gasteiger partial charge in [-0.3, -0.25) is 20.1 Å². The van der Waals surface area contributed by atoms with Gasteiger partial charge in [0, 0.05) is 30.2 Å². The minimum absolute atomic E-state index is 0.0860. The zero-order chi connectivity index (χ0) is 18.7. The van der Waals surface area contributed by atoms with Crippen LogP contribution in [0.4, 0.5) is 11.4 Å². The van der Waals surface area contributed by atoms with Crippen LogP contribution in [0.2, 0.25) is 5.02 Å². The molecule has 0 spiro atoms. The van der Waals surface area contributed by atoms with Crippen molar-refractivity contribution in [2.24, 2.45) is 0 Å². The summed E-state index contributed by atoms with van der Waals surface area (Å²) >= 11 is 6.07. The Kier molecular flexibility index (Phi) is 5.39. The first-order valence-corrected chi connectivity index (χ1v) is 8.60. The van der Waals surface area contributed by atoms with E-state index in [1.807, 2.05) is 23.1 Å². The van der Waals surface area contributed by atoms with Gasteiger partial charge in [0.1, 0.15) is 0 Å². The van der Waals surface area contributed by atoms with Crippen LogP contribution in [-0.4, -0.2) is 29.1 Å². The molecular formula is C18H18ClN3O4. The molecule has 1 aliphatic heterocycles. The first kappa shape index (κ1) is 18.2. The van der Waals surface area contributed by atoms with Gasteiger partial charge in [-0.05, 0) is 42.5 Å². The van der Waals surface area contributed by atoms with Crippen molar-refractivity contribution in [1.82, 2.24) is 5.48 Å². The second kappa shape index (κ2) is 7.72. The van der Waals surface area contributed by atoms with E-state index >= 15 is 0 Å². The van der Waals surface area contributed by atoms with E-state index in [2.05, 4.69) is 6.07 Å². The molecule has 1 aliphatic rings. The Morgan fingerprint density at radius 2 is 1.96 bits per heavy atom. The van der Waals surface area contributed by atoms with E-state index < -0.39 is 10.8 Å². The number of non-ortho nitro benzene ring substituents is 1. The van der Waals surface area contributed by atoms with Crippen LogP contribution < -0.4 is 10.4 Å². The first-order valence-electron chi connectivity index (χ1n) is 8.23. The molecule has 1 heterocycles. The van der Waals surface area contributed by atoms with Crippen molar-refractivity contribution in [3.63, 3.8) is 0 Å². The lowest BCUT2D eigenvalue weighted by molar-refractivity contribution is -0.384. The van der Waals surface area contributed by atoms with E-state index in [9.17, 15) is 14.9 Å². The zero-order valence-electron chi connectivity index (χ0n) is 13.9. The highest BCUT2D eigenvalue weighted by molar-refractivity contribution is 6.30. The lowest BCUT2D eigenvalue weighted by Crippen LogP contribution is -2.34. The molecule has 0 atom stereocenters. The van der Waals surface area contributed by atoms with Crippen LogP contribution in [0.15, 0.2) is 42.5 Å². The summed E-state index contributed by atoms with van der Waals surface area (Å²) in [5, 5.41) is 20.6. The number of nitro groups is 1. The molecule has 0 radical (unpaired) electrons. The predicted molar refractivity (Wildman–Crippen MR) is 98.0 cm³/mol. The minimum atomic E-state index is -0.763. The number of anilines is 1. The van der Waals surface area contributed by atoms with Crippen LogP contribution in [0.3, 0.4) is 0 Å². The summed E-state index contributed by atoms with van der Waals surface area (Å²) in [5.41, 5.74) is 3.22. The number of carbonyl (C=O) groups excluding carboxylic acids is 1. The number of amides is 1. The lowest BCUT2D eigenvalue weighted by Gasteiger charge is -2.34. The van der Waals surface area contributed by atoms with Crippen molar-refractivity contribution >= 4 is 28.9 Å². The summed E-state index contributed by atoms with van der Waals surface area (Å²) in [4.78, 5) is 24.4. The lowest BCUT2D eigenvalue weighted by atomic mass is 9.89. The minimum Gasteiger partial charge on any atom is -0.371 e. The largest absolute Gasteiger partial charge is 0.371 e. The molecule has 0 saturated carbocycles. The number of nitrogens with one attached hydrogen (secondary N) is 1. The molecule has 1 fully saturated rings. The average Bonchev–Trinajstić information content (AvgIpc) is 2.67. The molecule has 2 aromatic carbocycles. The van der Waals surface area contributed by atoms with Crippen LogP contribution in [0, 0.1) is 10.1 Å². The summed E-state index contributed by atoms with van der Waals surface area (Å²) in [6, 6.07) is 11.9. The number of nitro benzene ring substituents is 1. The molecule has 7 nitrogen and oxygen atoms in total. The van der Waals surface area contributed by atoms with Crippen LogP contribution in [-0.2, 0) is 0 Å². The zero-order valence-corrected chi connectivity index (χ0v) is 14.6. The molecule has 0 unspecified atom stereocenters. The van der Waals surface area contributed by atoms with E-state index in [-0.39, 0.29) is 11.3 Å². The molecule has 0 bridgehead atoms. The highest BCUT2D eigenvalue weighted by Crippen LogP contribution is 2.33. The van der Waals surface area contributed by atoms with Crippen molar-refractivity contribution in [2.45, 2.75) is 18.8 Å². The third kappa shape index (κ3) is 3.79. The fourth-order valence-electron chi connectivity index (χ4n) is 3.37. The van der Waals surface area contributed by atoms with Crippen molar-refractivity contribution in [3.8, 4) is 0 Å². The van der Waals surface area contributed by atoms with Crippen molar-refractivity contribution in [2.75, 3.05) is 18.0 Å². The summed E-state index contributed by atoms with van der Waals surface area (Å²) in [6.45, 7) is 1.39. The Labute approximate surface area is 155 Å². The van der Waals surface area contributed by atoms with Gasteiger partial charge >= 0.3 is 0 Å². The maximum atomic E-state index is 11.9. The molecule has 3 rings (SSSR count). The molecule has 1 saturated heterocycles. The molecule has 2 N–H and O–H groups in total. The number of benzene rings is 2. The van der Waals surface area contributed by atoms with Crippen molar-refractivity contribution in [3.05, 3.63) is 68.7 Å². The molecule has 0 aromatic heterocycles. The molecule has 26 heavy (non-hydrogen) atoms. The second-order valence-corrected chi connectivity index (χ2v) is 6.65. The fraction of sp³-hybridized carbons (Fsp3) is 0.278. The van der Waals surface area contributed by atoms with E-state index in [1.54, 1.807) is 11.5 Å². The summed E-state index contributed by atoms with van der Waals surface area (Å²) in [6.07, 6.45) is 1.75. The Bertz CT molecular complexity index is 835. The third-order valence-corrected chi connectivity index (χ3v) is 4.93. The normalized spacial score (nSPS) is 14.9. The summed E-state index contributed by atoms with van der Waals surface area (Å²) in [5.74, 6) is -0.390. The van der Waals surface area contributed by atoms with Crippen molar-refractivity contribution in [1.29, 1.82) is 0 Å². The fourth-order valence-corrected chi connectivity index (χ4v) is 3.57. The van der Waals surface area contributed by atoms with Gasteiger partial charge in [0.25, 0.3) is 11.6 Å². The number of nitrogens with zero attached hydrogens (tertiary/aromatic N) is 2. The predicted octanol–water partition coefficient (Wildman–Crippen LogP) is 3.75. The van der Waals surface area contributed by atoms with Crippen LogP contribution in [0.5, 0.6) is 0 Å². The topological polar surface area (TPSA) is 95.7 Å². The number of hydrogen-bond donors (Lipinski definition) is 2. The standard InChI is InChI=1S/C18H18ClN3O4/c19-14-3-1-2-13(10-14)12-6-8-21(9-7-12)17-5-4-15(22(25)26)11-16(17)18(23)20-24/h1-5,10-12,24H,6-9H2,(H,20,23). The highest BCUT2D eigenvalue weighted by Gasteiger charge is 2.25. The van der Waals surface area contributed by atoms with Gasteiger partial charge < -0.3 is 4.90 Å². The molecule has 1 amide bonds. The molecular weight excluding hydrogens is 358 g/mol. The first-order chi connectivity index (χ1) is 12.5. The number of hydroxylamine groups is 1. The monoisotopic (exact) mass is 375 g/mol. The van der Waals surface area contributed by atoms with Gasteiger partial charge in [-0.1, -0.05) is 23.7 Å². The van der Waals surface area contributed by atoms with E-state index in [1.165, 1.54) is 17.7 Å². The Morgan fingerprint density at radius 1 is 1.23 bits per heavy atom. The maximum Gasteiger partial charge on any atom is 0.276 e. The Morgan fingerprint density at radius 3 is 2.58 bits per heavy atom. The SMILES string of the molecule is O=C(NO)c1cc([N+](=O)[O-])ccc1N1CCC(c2cccc(Cl)c2)CC1. The number of carbonyl (C=O) groups is 1. The van der Waals surface area contributed by atoms with Crippen molar-refractivity contribution < 1.29 is 14.9 Å². The number of hydrogen-bond acceptors (Lipinski definition) is 5. The second-order valence-electron chi connectivity index (χ2n) is 6.22. The quantitative estimate of drug-likeness (QED) is 0.482. The Hall–Kier alpha value is -2.64. The Balaban J connectivity index is 1.80. The van der Waals surface area contributed by atoms with Gasteiger partial charge in [0.15, 0.2) is 0 Å². The van der Waals surface area contributed by atoms with Crippen LogP contribution >= 0.6 is 11.6 Å².